The summed E-state index contributed by atoms with van der Waals surface area (Å²) >= 11 is 0. The zero-order chi connectivity index (χ0) is 16.1. The fraction of sp³-hybridized carbons (Fsp3) is 0.444. The van der Waals surface area contributed by atoms with Gasteiger partial charge in [-0.15, -0.1) is 0 Å². The second kappa shape index (κ2) is 7.53. The lowest BCUT2D eigenvalue weighted by molar-refractivity contribution is 0.0952. The maximum absolute atomic E-state index is 12.4. The number of hydrogen-bond donors (Lipinski definition) is 2. The van der Waals surface area contributed by atoms with Crippen LogP contribution in [0.15, 0.2) is 30.3 Å². The minimum absolute atomic E-state index is 0.0333. The van der Waals surface area contributed by atoms with Gasteiger partial charge >= 0.3 is 0 Å². The van der Waals surface area contributed by atoms with Crippen LogP contribution in [0.25, 0.3) is 10.9 Å². The molecule has 0 spiro atoms. The first kappa shape index (κ1) is 15.9. The van der Waals surface area contributed by atoms with E-state index in [4.69, 9.17) is 0 Å². The molecular formula is C18H24N4O. The van der Waals surface area contributed by atoms with Crippen LogP contribution in [0.4, 0.5) is 0 Å². The third-order valence-corrected chi connectivity index (χ3v) is 4.25. The molecule has 0 aliphatic carbocycles. The van der Waals surface area contributed by atoms with E-state index in [1.807, 2.05) is 37.3 Å². The normalized spacial score (nSPS) is 15.7. The maximum atomic E-state index is 12.4. The second-order valence-corrected chi connectivity index (χ2v) is 6.03. The highest BCUT2D eigenvalue weighted by molar-refractivity contribution is 6.05. The summed E-state index contributed by atoms with van der Waals surface area (Å²) in [5.41, 5.74) is 2.37. The van der Waals surface area contributed by atoms with Crippen LogP contribution in [-0.2, 0) is 0 Å². The Kier molecular flexibility index (Phi) is 5.20. The summed E-state index contributed by atoms with van der Waals surface area (Å²) in [6.07, 6.45) is 0.975. The Morgan fingerprint density at radius 1 is 1.26 bits per heavy atom. The highest BCUT2D eigenvalue weighted by Crippen LogP contribution is 2.17. The molecule has 0 atom stereocenters. The number of benzene rings is 1. The summed E-state index contributed by atoms with van der Waals surface area (Å²) in [6.45, 7) is 8.00. The lowest BCUT2D eigenvalue weighted by Crippen LogP contribution is -2.44. The predicted molar refractivity (Wildman–Crippen MR) is 92.7 cm³/mol. The highest BCUT2D eigenvalue weighted by Gasteiger charge is 2.12. The molecule has 1 aromatic carbocycles. The van der Waals surface area contributed by atoms with Crippen molar-refractivity contribution in [3.05, 3.63) is 41.6 Å². The maximum Gasteiger partial charge on any atom is 0.253 e. The molecule has 23 heavy (non-hydrogen) atoms. The smallest absolute Gasteiger partial charge is 0.253 e. The molecule has 1 aliphatic rings. The van der Waals surface area contributed by atoms with Gasteiger partial charge in [-0.2, -0.15) is 0 Å². The van der Waals surface area contributed by atoms with Crippen molar-refractivity contribution in [1.82, 2.24) is 20.5 Å². The number of nitrogens with one attached hydrogen (secondary N) is 2. The van der Waals surface area contributed by atoms with E-state index in [1.54, 1.807) is 0 Å². The fourth-order valence-electron chi connectivity index (χ4n) is 2.96. The van der Waals surface area contributed by atoms with E-state index in [1.165, 1.54) is 0 Å². The summed E-state index contributed by atoms with van der Waals surface area (Å²) < 4.78 is 0. The van der Waals surface area contributed by atoms with Gasteiger partial charge in [0.25, 0.3) is 5.91 Å². The third-order valence-electron chi connectivity index (χ3n) is 4.25. The Morgan fingerprint density at radius 2 is 2.09 bits per heavy atom. The molecule has 1 fully saturated rings. The standard InChI is InChI=1S/C18H24N4O/c1-14-6-7-15-4-2-5-16(17(15)21-14)18(23)20-8-3-11-22-12-9-19-10-13-22/h2,4-7,19H,3,8-13H2,1H3,(H,20,23). The number of aromatic nitrogens is 1. The average Bonchev–Trinajstić information content (AvgIpc) is 2.59. The monoisotopic (exact) mass is 312 g/mol. The SMILES string of the molecule is Cc1ccc2cccc(C(=O)NCCCN3CCNCC3)c2n1. The average molecular weight is 312 g/mol. The zero-order valence-electron chi connectivity index (χ0n) is 13.6. The van der Waals surface area contributed by atoms with Crippen molar-refractivity contribution in [2.24, 2.45) is 0 Å². The molecule has 1 aromatic heterocycles. The van der Waals surface area contributed by atoms with Crippen LogP contribution in [0.1, 0.15) is 22.5 Å². The van der Waals surface area contributed by atoms with Crippen LogP contribution in [0.5, 0.6) is 0 Å². The number of fused-ring (bicyclic) bond motifs is 1. The molecule has 2 N–H and O–H groups in total. The molecule has 1 aliphatic heterocycles. The molecule has 3 rings (SSSR count). The molecule has 122 valence electrons. The number of hydrogen-bond acceptors (Lipinski definition) is 4. The van der Waals surface area contributed by atoms with Crippen LogP contribution >= 0.6 is 0 Å². The van der Waals surface area contributed by atoms with Crippen LogP contribution < -0.4 is 10.6 Å². The van der Waals surface area contributed by atoms with Gasteiger partial charge < -0.3 is 15.5 Å². The minimum atomic E-state index is -0.0333. The summed E-state index contributed by atoms with van der Waals surface area (Å²) in [5, 5.41) is 7.38. The van der Waals surface area contributed by atoms with Gasteiger partial charge in [0, 0.05) is 43.8 Å². The number of rotatable bonds is 5. The number of carbonyl (C=O) groups excluding carboxylic acids is 1. The first-order chi connectivity index (χ1) is 11.2. The summed E-state index contributed by atoms with van der Waals surface area (Å²) in [5.74, 6) is -0.0333. The lowest BCUT2D eigenvalue weighted by Gasteiger charge is -2.27. The van der Waals surface area contributed by atoms with Crippen molar-refractivity contribution in [1.29, 1.82) is 0 Å². The number of nitrogens with zero attached hydrogens (tertiary/aromatic N) is 2. The third kappa shape index (κ3) is 4.06. The molecule has 0 saturated carbocycles. The van der Waals surface area contributed by atoms with E-state index in [2.05, 4.69) is 20.5 Å². The summed E-state index contributed by atoms with van der Waals surface area (Å²) in [6, 6.07) is 9.73. The second-order valence-electron chi connectivity index (χ2n) is 6.03. The minimum Gasteiger partial charge on any atom is -0.352 e. The van der Waals surface area contributed by atoms with Gasteiger partial charge in [-0.25, -0.2) is 0 Å². The van der Waals surface area contributed by atoms with E-state index in [9.17, 15) is 4.79 Å². The van der Waals surface area contributed by atoms with Gasteiger partial charge in [0.15, 0.2) is 0 Å². The quantitative estimate of drug-likeness (QED) is 0.823. The number of carbonyl (C=O) groups is 1. The molecule has 1 amide bonds. The van der Waals surface area contributed by atoms with Crippen LogP contribution in [0.3, 0.4) is 0 Å². The molecule has 0 bridgehead atoms. The molecule has 2 heterocycles. The van der Waals surface area contributed by atoms with Crippen molar-refractivity contribution in [2.75, 3.05) is 39.3 Å². The predicted octanol–water partition coefficient (Wildman–Crippen LogP) is 1.57. The molecule has 0 radical (unpaired) electrons. The van der Waals surface area contributed by atoms with Gasteiger partial charge in [0.05, 0.1) is 11.1 Å². The van der Waals surface area contributed by atoms with Gasteiger partial charge in [0.2, 0.25) is 0 Å². The van der Waals surface area contributed by atoms with E-state index < -0.39 is 0 Å². The molecule has 5 heteroatoms. The Balaban J connectivity index is 1.57. The van der Waals surface area contributed by atoms with Gasteiger partial charge in [0.1, 0.15) is 0 Å². The topological polar surface area (TPSA) is 57.3 Å². The molecular weight excluding hydrogens is 288 g/mol. The first-order valence-corrected chi connectivity index (χ1v) is 8.32. The summed E-state index contributed by atoms with van der Waals surface area (Å²) in [7, 11) is 0. The fourth-order valence-corrected chi connectivity index (χ4v) is 2.96. The highest BCUT2D eigenvalue weighted by atomic mass is 16.1. The van der Waals surface area contributed by atoms with Crippen LogP contribution in [-0.4, -0.2) is 55.1 Å². The Hall–Kier alpha value is -1.98. The number of amides is 1. The number of aryl methyl sites for hydroxylation is 1. The van der Waals surface area contributed by atoms with E-state index in [0.29, 0.717) is 12.1 Å². The van der Waals surface area contributed by atoms with Crippen molar-refractivity contribution in [2.45, 2.75) is 13.3 Å². The number of pyridine rings is 1. The van der Waals surface area contributed by atoms with Crippen LogP contribution in [0, 0.1) is 6.92 Å². The van der Waals surface area contributed by atoms with E-state index >= 15 is 0 Å². The molecule has 1 saturated heterocycles. The largest absolute Gasteiger partial charge is 0.352 e. The van der Waals surface area contributed by atoms with Gasteiger partial charge in [-0.3, -0.25) is 9.78 Å². The Bertz CT molecular complexity index is 680. The van der Waals surface area contributed by atoms with E-state index in [-0.39, 0.29) is 5.91 Å². The van der Waals surface area contributed by atoms with Crippen molar-refractivity contribution in [3.8, 4) is 0 Å². The van der Waals surface area contributed by atoms with Crippen molar-refractivity contribution >= 4 is 16.8 Å². The molecule has 5 nitrogen and oxygen atoms in total. The van der Waals surface area contributed by atoms with Crippen molar-refractivity contribution in [3.63, 3.8) is 0 Å². The molecule has 2 aromatic rings. The summed E-state index contributed by atoms with van der Waals surface area (Å²) in [4.78, 5) is 19.4. The van der Waals surface area contributed by atoms with Crippen molar-refractivity contribution < 1.29 is 4.79 Å². The zero-order valence-corrected chi connectivity index (χ0v) is 13.6. The lowest BCUT2D eigenvalue weighted by atomic mass is 10.1. The Labute approximate surface area is 137 Å². The number of para-hydroxylation sites is 1. The van der Waals surface area contributed by atoms with Gasteiger partial charge in [-0.1, -0.05) is 18.2 Å². The van der Waals surface area contributed by atoms with Gasteiger partial charge in [-0.05, 0) is 32.0 Å². The first-order valence-electron chi connectivity index (χ1n) is 8.32. The molecule has 0 unspecified atom stereocenters. The number of piperazine rings is 1. The van der Waals surface area contributed by atoms with E-state index in [0.717, 1.165) is 55.7 Å². The Morgan fingerprint density at radius 3 is 2.91 bits per heavy atom. The van der Waals surface area contributed by atoms with Crippen LogP contribution in [0.2, 0.25) is 0 Å².